The quantitative estimate of drug-likeness (QED) is 0.716. The molecule has 2 aliphatic heterocycles. The zero-order valence-electron chi connectivity index (χ0n) is 15.6. The van der Waals surface area contributed by atoms with Gasteiger partial charge in [0.1, 0.15) is 5.75 Å². The highest BCUT2D eigenvalue weighted by Gasteiger charge is 2.43. The molecule has 4 heterocycles. The van der Waals surface area contributed by atoms with Crippen LogP contribution in [0, 0.1) is 0 Å². The number of fused-ring (bicyclic) bond motifs is 6. The highest BCUT2D eigenvalue weighted by atomic mass is 16.5. The van der Waals surface area contributed by atoms with Crippen molar-refractivity contribution in [3.8, 4) is 17.0 Å². The van der Waals surface area contributed by atoms with Crippen molar-refractivity contribution in [1.82, 2.24) is 19.5 Å². The molecule has 6 heteroatoms. The summed E-state index contributed by atoms with van der Waals surface area (Å²) in [6, 6.07) is 10.3. The molecule has 0 spiro atoms. The first-order valence-corrected chi connectivity index (χ1v) is 9.53. The Morgan fingerprint density at radius 3 is 2.96 bits per heavy atom. The molecule has 1 amide bonds. The smallest absolute Gasteiger partial charge is 0.223 e. The molecule has 0 aliphatic carbocycles. The number of benzene rings is 1. The molecule has 2 atom stereocenters. The third kappa shape index (κ3) is 2.36. The molecule has 0 saturated carbocycles. The Balaban J connectivity index is 1.63. The molecular formula is C21H22N4O2. The molecule has 2 aliphatic rings. The highest BCUT2D eigenvalue weighted by molar-refractivity contribution is 5.78. The van der Waals surface area contributed by atoms with Crippen molar-refractivity contribution in [2.24, 2.45) is 0 Å². The molecule has 138 valence electrons. The third-order valence-corrected chi connectivity index (χ3v) is 5.88. The minimum absolute atomic E-state index is 0.141. The van der Waals surface area contributed by atoms with Gasteiger partial charge in [-0.2, -0.15) is 5.10 Å². The van der Waals surface area contributed by atoms with Crippen LogP contribution in [0.4, 0.5) is 0 Å². The van der Waals surface area contributed by atoms with Crippen LogP contribution in [0.1, 0.15) is 43.5 Å². The second-order valence-corrected chi connectivity index (χ2v) is 7.27. The number of hydrogen-bond acceptors (Lipinski definition) is 4. The summed E-state index contributed by atoms with van der Waals surface area (Å²) < 4.78 is 7.46. The van der Waals surface area contributed by atoms with Gasteiger partial charge in [-0.05, 0) is 25.0 Å². The van der Waals surface area contributed by atoms with Gasteiger partial charge in [0.05, 0.1) is 24.5 Å². The van der Waals surface area contributed by atoms with Crippen LogP contribution >= 0.6 is 0 Å². The van der Waals surface area contributed by atoms with E-state index < -0.39 is 0 Å². The van der Waals surface area contributed by atoms with Crippen LogP contribution in [-0.4, -0.2) is 38.6 Å². The minimum Gasteiger partial charge on any atom is -0.496 e. The number of aromatic nitrogens is 3. The van der Waals surface area contributed by atoms with Gasteiger partial charge < -0.3 is 9.64 Å². The molecule has 1 saturated heterocycles. The molecule has 0 unspecified atom stereocenters. The number of amides is 1. The van der Waals surface area contributed by atoms with E-state index in [0.717, 1.165) is 47.5 Å². The van der Waals surface area contributed by atoms with Crippen LogP contribution in [0.3, 0.4) is 0 Å². The van der Waals surface area contributed by atoms with Crippen LogP contribution in [0.25, 0.3) is 16.9 Å². The van der Waals surface area contributed by atoms with E-state index in [9.17, 15) is 4.79 Å². The lowest BCUT2D eigenvalue weighted by Gasteiger charge is -2.36. The molecule has 3 aromatic rings. The minimum atomic E-state index is 0.141. The van der Waals surface area contributed by atoms with Crippen LogP contribution < -0.4 is 4.74 Å². The Kier molecular flexibility index (Phi) is 3.67. The number of nitrogens with zero attached hydrogens (tertiary/aromatic N) is 4. The largest absolute Gasteiger partial charge is 0.496 e. The molecule has 1 aromatic carbocycles. The van der Waals surface area contributed by atoms with Crippen molar-refractivity contribution < 1.29 is 9.53 Å². The predicted octanol–water partition coefficient (Wildman–Crippen LogP) is 3.40. The summed E-state index contributed by atoms with van der Waals surface area (Å²) >= 11 is 0. The van der Waals surface area contributed by atoms with Gasteiger partial charge in [0.15, 0.2) is 5.65 Å². The Labute approximate surface area is 157 Å². The predicted molar refractivity (Wildman–Crippen MR) is 102 cm³/mol. The SMILES string of the molecule is CCC(=O)N1[C@@H]2CC[C@@H]1c1cnc3cc(-c4ccccc4OC)nn3c1C2. The monoisotopic (exact) mass is 362 g/mol. The van der Waals surface area contributed by atoms with Crippen LogP contribution in [0.15, 0.2) is 36.5 Å². The van der Waals surface area contributed by atoms with Gasteiger partial charge in [0, 0.05) is 42.3 Å². The Morgan fingerprint density at radius 2 is 2.15 bits per heavy atom. The molecule has 0 N–H and O–H groups in total. The van der Waals surface area contributed by atoms with Crippen molar-refractivity contribution in [3.05, 3.63) is 47.8 Å². The number of methoxy groups -OCH3 is 1. The number of rotatable bonds is 3. The number of ether oxygens (including phenoxy) is 1. The van der Waals surface area contributed by atoms with E-state index in [1.54, 1.807) is 7.11 Å². The van der Waals surface area contributed by atoms with Gasteiger partial charge in [-0.1, -0.05) is 19.1 Å². The number of para-hydroxylation sites is 1. The van der Waals surface area contributed by atoms with E-state index in [-0.39, 0.29) is 18.0 Å². The maximum atomic E-state index is 12.4. The molecule has 1 fully saturated rings. The van der Waals surface area contributed by atoms with Crippen LogP contribution in [-0.2, 0) is 11.2 Å². The first-order chi connectivity index (χ1) is 13.2. The Bertz CT molecular complexity index is 1040. The zero-order valence-corrected chi connectivity index (χ0v) is 15.6. The maximum Gasteiger partial charge on any atom is 0.223 e. The summed E-state index contributed by atoms with van der Waals surface area (Å²) in [6.45, 7) is 1.94. The lowest BCUT2D eigenvalue weighted by molar-refractivity contribution is -0.134. The molecule has 0 radical (unpaired) electrons. The standard InChI is InChI=1S/C21H22N4O2/c1-3-21(26)24-13-8-9-17(24)15-12-22-20-11-16(23-25(20)18(15)10-13)14-6-4-5-7-19(14)27-2/h4-7,11-13,17H,3,8-10H2,1-2H3/t13-,17-/m1/s1. The van der Waals surface area contributed by atoms with Gasteiger partial charge in [0.2, 0.25) is 5.91 Å². The highest BCUT2D eigenvalue weighted by Crippen LogP contribution is 2.44. The molecule has 6 nitrogen and oxygen atoms in total. The van der Waals surface area contributed by atoms with Crippen molar-refractivity contribution in [2.45, 2.75) is 44.7 Å². The maximum absolute atomic E-state index is 12.4. The number of carbonyl (C=O) groups is 1. The van der Waals surface area contributed by atoms with Crippen LogP contribution in [0.5, 0.6) is 5.75 Å². The van der Waals surface area contributed by atoms with Crippen molar-refractivity contribution in [2.75, 3.05) is 7.11 Å². The second kappa shape index (κ2) is 6.08. The van der Waals surface area contributed by atoms with Gasteiger partial charge in [0.25, 0.3) is 0 Å². The first-order valence-electron chi connectivity index (χ1n) is 9.53. The van der Waals surface area contributed by atoms with E-state index in [4.69, 9.17) is 9.84 Å². The topological polar surface area (TPSA) is 59.7 Å². The zero-order chi connectivity index (χ0) is 18.5. The fourth-order valence-corrected chi connectivity index (χ4v) is 4.64. The summed E-state index contributed by atoms with van der Waals surface area (Å²) in [5.74, 6) is 1.04. The average Bonchev–Trinajstić information content (AvgIpc) is 3.28. The fourth-order valence-electron chi connectivity index (χ4n) is 4.64. The molecule has 27 heavy (non-hydrogen) atoms. The van der Waals surface area contributed by atoms with E-state index >= 15 is 0 Å². The Morgan fingerprint density at radius 1 is 1.30 bits per heavy atom. The molecular weight excluding hydrogens is 340 g/mol. The first kappa shape index (κ1) is 16.3. The summed E-state index contributed by atoms with van der Waals surface area (Å²) in [5.41, 5.74) is 4.99. The van der Waals surface area contributed by atoms with E-state index in [1.165, 1.54) is 5.69 Å². The van der Waals surface area contributed by atoms with Gasteiger partial charge >= 0.3 is 0 Å². The fraction of sp³-hybridized carbons (Fsp3) is 0.381. The second-order valence-electron chi connectivity index (χ2n) is 7.27. The van der Waals surface area contributed by atoms with E-state index in [1.807, 2.05) is 48.0 Å². The van der Waals surface area contributed by atoms with E-state index in [2.05, 4.69) is 9.88 Å². The molecule has 2 aromatic heterocycles. The molecule has 5 rings (SSSR count). The normalized spacial score (nSPS) is 20.7. The van der Waals surface area contributed by atoms with Gasteiger partial charge in [-0.3, -0.25) is 4.79 Å². The van der Waals surface area contributed by atoms with Crippen molar-refractivity contribution >= 4 is 11.6 Å². The summed E-state index contributed by atoms with van der Waals surface area (Å²) in [6.07, 6.45) is 5.40. The van der Waals surface area contributed by atoms with E-state index in [0.29, 0.717) is 6.42 Å². The van der Waals surface area contributed by atoms with Gasteiger partial charge in [-0.25, -0.2) is 9.50 Å². The summed E-state index contributed by atoms with van der Waals surface area (Å²) in [5, 5.41) is 4.86. The van der Waals surface area contributed by atoms with Crippen molar-refractivity contribution in [1.29, 1.82) is 0 Å². The van der Waals surface area contributed by atoms with Crippen molar-refractivity contribution in [3.63, 3.8) is 0 Å². The lowest BCUT2D eigenvalue weighted by Crippen LogP contribution is -2.42. The van der Waals surface area contributed by atoms with Gasteiger partial charge in [-0.15, -0.1) is 0 Å². The average molecular weight is 362 g/mol. The summed E-state index contributed by atoms with van der Waals surface area (Å²) in [7, 11) is 1.67. The number of carbonyl (C=O) groups excluding carboxylic acids is 1. The molecule has 2 bridgehead atoms. The lowest BCUT2D eigenvalue weighted by atomic mass is 9.99. The number of hydrogen-bond donors (Lipinski definition) is 0. The Hall–Kier alpha value is -2.89. The summed E-state index contributed by atoms with van der Waals surface area (Å²) in [4.78, 5) is 19.2. The third-order valence-electron chi connectivity index (χ3n) is 5.88. The van der Waals surface area contributed by atoms with Crippen LogP contribution in [0.2, 0.25) is 0 Å².